The molecule has 0 bridgehead atoms. The van der Waals surface area contributed by atoms with Crippen LogP contribution in [0.25, 0.3) is 0 Å². The number of hydrogen-bond donors (Lipinski definition) is 1. The van der Waals surface area contributed by atoms with Crippen molar-refractivity contribution >= 4 is 0 Å². The van der Waals surface area contributed by atoms with E-state index in [9.17, 15) is 0 Å². The number of piperazine rings is 1. The summed E-state index contributed by atoms with van der Waals surface area (Å²) >= 11 is 0. The molecule has 0 spiro atoms. The van der Waals surface area contributed by atoms with Gasteiger partial charge in [-0.25, -0.2) is 0 Å². The van der Waals surface area contributed by atoms with Crippen molar-refractivity contribution < 1.29 is 0 Å². The lowest BCUT2D eigenvalue weighted by Gasteiger charge is -2.40. The molecule has 4 nitrogen and oxygen atoms in total. The molecule has 1 aromatic heterocycles. The summed E-state index contributed by atoms with van der Waals surface area (Å²) in [5, 5.41) is 8.13. The molecule has 1 N–H and O–H groups in total. The van der Waals surface area contributed by atoms with Gasteiger partial charge in [-0.05, 0) is 19.8 Å². The number of hydrogen-bond acceptors (Lipinski definition) is 3. The van der Waals surface area contributed by atoms with Gasteiger partial charge in [-0.1, -0.05) is 26.7 Å². The topological polar surface area (TPSA) is 33.1 Å². The standard InChI is InChI=1S/C16H30N4/c1-4-7-15-13-19(16(8-5-2)10-17-15)11-14-9-18-20(6-3)12-14/h9,12,15-17H,4-8,10-11,13H2,1-3H3. The van der Waals surface area contributed by atoms with Crippen LogP contribution in [0.5, 0.6) is 0 Å². The van der Waals surface area contributed by atoms with Gasteiger partial charge in [-0.15, -0.1) is 0 Å². The molecule has 20 heavy (non-hydrogen) atoms. The molecule has 0 aliphatic carbocycles. The normalized spacial score (nSPS) is 24.1. The van der Waals surface area contributed by atoms with E-state index in [4.69, 9.17) is 0 Å². The maximum absolute atomic E-state index is 4.40. The summed E-state index contributed by atoms with van der Waals surface area (Å²) in [5.41, 5.74) is 1.35. The first-order chi connectivity index (χ1) is 9.76. The Kier molecular flexibility index (Phi) is 6.05. The third kappa shape index (κ3) is 4.06. The predicted molar refractivity (Wildman–Crippen MR) is 83.7 cm³/mol. The number of aryl methyl sites for hydroxylation is 1. The predicted octanol–water partition coefficient (Wildman–Crippen LogP) is 2.65. The first-order valence-electron chi connectivity index (χ1n) is 8.25. The zero-order chi connectivity index (χ0) is 14.4. The van der Waals surface area contributed by atoms with Crippen molar-refractivity contribution in [3.8, 4) is 0 Å². The van der Waals surface area contributed by atoms with Crippen LogP contribution < -0.4 is 5.32 Å². The van der Waals surface area contributed by atoms with E-state index in [1.807, 2.05) is 10.9 Å². The largest absolute Gasteiger partial charge is 0.311 e. The highest BCUT2D eigenvalue weighted by Crippen LogP contribution is 2.17. The van der Waals surface area contributed by atoms with Crippen molar-refractivity contribution in [1.82, 2.24) is 20.0 Å². The molecule has 114 valence electrons. The van der Waals surface area contributed by atoms with E-state index in [0.717, 1.165) is 19.6 Å². The minimum absolute atomic E-state index is 0.661. The van der Waals surface area contributed by atoms with Crippen molar-refractivity contribution in [2.75, 3.05) is 13.1 Å². The Labute approximate surface area is 123 Å². The van der Waals surface area contributed by atoms with Crippen LogP contribution in [0.3, 0.4) is 0 Å². The molecule has 2 rings (SSSR count). The second kappa shape index (κ2) is 7.79. The van der Waals surface area contributed by atoms with Gasteiger partial charge in [-0.2, -0.15) is 5.10 Å². The van der Waals surface area contributed by atoms with Gasteiger partial charge in [0, 0.05) is 50.0 Å². The second-order valence-corrected chi connectivity index (χ2v) is 5.97. The van der Waals surface area contributed by atoms with Gasteiger partial charge in [0.05, 0.1) is 6.20 Å². The van der Waals surface area contributed by atoms with E-state index >= 15 is 0 Å². The Bertz CT molecular complexity index is 388. The van der Waals surface area contributed by atoms with Gasteiger partial charge in [0.15, 0.2) is 0 Å². The lowest BCUT2D eigenvalue weighted by atomic mass is 10.0. The van der Waals surface area contributed by atoms with Gasteiger partial charge >= 0.3 is 0 Å². The quantitative estimate of drug-likeness (QED) is 0.832. The Morgan fingerprint density at radius 1 is 1.25 bits per heavy atom. The first kappa shape index (κ1) is 15.5. The molecular formula is C16H30N4. The second-order valence-electron chi connectivity index (χ2n) is 5.97. The van der Waals surface area contributed by atoms with Gasteiger partial charge in [0.2, 0.25) is 0 Å². The zero-order valence-electron chi connectivity index (χ0n) is 13.3. The summed E-state index contributed by atoms with van der Waals surface area (Å²) in [7, 11) is 0. The SMILES string of the molecule is CCCC1CN(Cc2cnn(CC)c2)C(CCC)CN1. The summed E-state index contributed by atoms with van der Waals surface area (Å²) in [6, 6.07) is 1.34. The van der Waals surface area contributed by atoms with Crippen molar-refractivity contribution in [3.63, 3.8) is 0 Å². The molecule has 4 heteroatoms. The number of nitrogens with one attached hydrogen (secondary N) is 1. The molecule has 2 atom stereocenters. The number of nitrogens with zero attached hydrogens (tertiary/aromatic N) is 3. The molecule has 0 aromatic carbocycles. The highest BCUT2D eigenvalue weighted by Gasteiger charge is 2.26. The Morgan fingerprint density at radius 2 is 2.05 bits per heavy atom. The van der Waals surface area contributed by atoms with Crippen molar-refractivity contribution in [2.45, 2.75) is 71.6 Å². The summed E-state index contributed by atoms with van der Waals surface area (Å²) in [5.74, 6) is 0. The fourth-order valence-corrected chi connectivity index (χ4v) is 3.18. The van der Waals surface area contributed by atoms with Crippen molar-refractivity contribution in [1.29, 1.82) is 0 Å². The summed E-state index contributed by atoms with van der Waals surface area (Å²) < 4.78 is 2.02. The van der Waals surface area contributed by atoms with Crippen molar-refractivity contribution in [2.24, 2.45) is 0 Å². The van der Waals surface area contributed by atoms with E-state index < -0.39 is 0 Å². The van der Waals surface area contributed by atoms with Gasteiger partial charge < -0.3 is 5.32 Å². The highest BCUT2D eigenvalue weighted by molar-refractivity contribution is 5.05. The molecule has 1 saturated heterocycles. The van der Waals surface area contributed by atoms with Crippen LogP contribution >= 0.6 is 0 Å². The molecule has 1 fully saturated rings. The van der Waals surface area contributed by atoms with Gasteiger partial charge in [0.25, 0.3) is 0 Å². The van der Waals surface area contributed by atoms with Crippen LogP contribution in [0.2, 0.25) is 0 Å². The van der Waals surface area contributed by atoms with E-state index in [1.165, 1.54) is 37.8 Å². The summed E-state index contributed by atoms with van der Waals surface area (Å²) in [4.78, 5) is 2.66. The maximum Gasteiger partial charge on any atom is 0.0534 e. The Morgan fingerprint density at radius 3 is 2.70 bits per heavy atom. The van der Waals surface area contributed by atoms with Crippen molar-refractivity contribution in [3.05, 3.63) is 18.0 Å². The maximum atomic E-state index is 4.40. The molecule has 1 aliphatic heterocycles. The molecule has 2 heterocycles. The Hall–Kier alpha value is -0.870. The Balaban J connectivity index is 1.98. The van der Waals surface area contributed by atoms with Crippen LogP contribution in [0.15, 0.2) is 12.4 Å². The lowest BCUT2D eigenvalue weighted by molar-refractivity contribution is 0.112. The molecule has 1 aliphatic rings. The van der Waals surface area contributed by atoms with Crippen LogP contribution in [0.1, 0.15) is 52.0 Å². The third-order valence-electron chi connectivity index (χ3n) is 4.27. The molecule has 1 aromatic rings. The van der Waals surface area contributed by atoms with Crippen LogP contribution in [0.4, 0.5) is 0 Å². The minimum Gasteiger partial charge on any atom is -0.311 e. The lowest BCUT2D eigenvalue weighted by Crippen LogP contribution is -2.55. The van der Waals surface area contributed by atoms with E-state index in [1.54, 1.807) is 0 Å². The smallest absolute Gasteiger partial charge is 0.0534 e. The van der Waals surface area contributed by atoms with E-state index in [2.05, 4.69) is 42.3 Å². The fraction of sp³-hybridized carbons (Fsp3) is 0.812. The van der Waals surface area contributed by atoms with E-state index in [0.29, 0.717) is 12.1 Å². The third-order valence-corrected chi connectivity index (χ3v) is 4.27. The van der Waals surface area contributed by atoms with Crippen LogP contribution in [0, 0.1) is 0 Å². The van der Waals surface area contributed by atoms with Gasteiger partial charge in [0.1, 0.15) is 0 Å². The van der Waals surface area contributed by atoms with Crippen LogP contribution in [-0.4, -0.2) is 39.9 Å². The minimum atomic E-state index is 0.661. The first-order valence-corrected chi connectivity index (χ1v) is 8.25. The molecule has 0 saturated carbocycles. The molecule has 0 radical (unpaired) electrons. The number of rotatable bonds is 7. The monoisotopic (exact) mass is 278 g/mol. The number of aromatic nitrogens is 2. The fourth-order valence-electron chi connectivity index (χ4n) is 3.18. The summed E-state index contributed by atoms with van der Waals surface area (Å²) in [6.45, 7) is 11.0. The highest BCUT2D eigenvalue weighted by atomic mass is 15.3. The molecule has 0 amide bonds. The zero-order valence-corrected chi connectivity index (χ0v) is 13.3. The molecular weight excluding hydrogens is 248 g/mol. The van der Waals surface area contributed by atoms with E-state index in [-0.39, 0.29) is 0 Å². The van der Waals surface area contributed by atoms with Crippen LogP contribution in [-0.2, 0) is 13.1 Å². The summed E-state index contributed by atoms with van der Waals surface area (Å²) in [6.07, 6.45) is 9.31. The van der Waals surface area contributed by atoms with Gasteiger partial charge in [-0.3, -0.25) is 9.58 Å². The molecule has 2 unspecified atom stereocenters. The average Bonchev–Trinajstić information content (AvgIpc) is 2.90. The average molecular weight is 278 g/mol.